The summed E-state index contributed by atoms with van der Waals surface area (Å²) in [6, 6.07) is 50.9. The second kappa shape index (κ2) is 16.8. The van der Waals surface area contributed by atoms with Gasteiger partial charge in [-0.15, -0.1) is 0 Å². The van der Waals surface area contributed by atoms with Crippen LogP contribution in [0.5, 0.6) is 0 Å². The second-order valence-electron chi connectivity index (χ2n) is 18.7. The van der Waals surface area contributed by atoms with E-state index >= 15 is 0 Å². The van der Waals surface area contributed by atoms with Gasteiger partial charge in [0.15, 0.2) is 0 Å². The molecule has 5 aliphatic rings. The van der Waals surface area contributed by atoms with E-state index in [-0.39, 0.29) is 0 Å². The van der Waals surface area contributed by atoms with E-state index in [4.69, 9.17) is 4.98 Å². The number of benzene rings is 5. The molecule has 4 aliphatic carbocycles. The van der Waals surface area contributed by atoms with Crippen LogP contribution < -0.4 is 4.90 Å². The molecule has 3 nitrogen and oxygen atoms in total. The van der Waals surface area contributed by atoms with E-state index in [2.05, 4.69) is 198 Å². The van der Waals surface area contributed by atoms with Crippen LogP contribution in [0.1, 0.15) is 104 Å². The molecule has 4 unspecified atom stereocenters. The predicted molar refractivity (Wildman–Crippen MR) is 269 cm³/mol. The highest BCUT2D eigenvalue weighted by molar-refractivity contribution is 6.09. The minimum atomic E-state index is 0.368. The summed E-state index contributed by atoms with van der Waals surface area (Å²) in [5.74, 6) is 2.50. The summed E-state index contributed by atoms with van der Waals surface area (Å²) >= 11 is 0. The van der Waals surface area contributed by atoms with Crippen LogP contribution in [-0.4, -0.2) is 15.6 Å². The van der Waals surface area contributed by atoms with Gasteiger partial charge in [-0.05, 0) is 164 Å². The van der Waals surface area contributed by atoms with Crippen LogP contribution in [0.25, 0.3) is 44.3 Å². The van der Waals surface area contributed by atoms with Crippen molar-refractivity contribution in [2.24, 2.45) is 0 Å². The molecule has 4 atom stereocenters. The molecule has 0 saturated heterocycles. The van der Waals surface area contributed by atoms with Crippen molar-refractivity contribution in [3.05, 3.63) is 222 Å². The molecule has 0 radical (unpaired) electrons. The molecule has 2 aromatic heterocycles. The Morgan fingerprint density at radius 3 is 2.19 bits per heavy atom. The zero-order valence-electron chi connectivity index (χ0n) is 36.6. The lowest BCUT2D eigenvalue weighted by Crippen LogP contribution is -2.35. The molecule has 3 heterocycles. The van der Waals surface area contributed by atoms with E-state index < -0.39 is 0 Å². The fourth-order valence-electron chi connectivity index (χ4n) is 11.9. The molecule has 0 amide bonds. The Hall–Kier alpha value is -6.71. The third-order valence-corrected chi connectivity index (χ3v) is 15.1. The van der Waals surface area contributed by atoms with Crippen molar-refractivity contribution in [1.29, 1.82) is 0 Å². The van der Waals surface area contributed by atoms with Crippen molar-refractivity contribution in [3.63, 3.8) is 0 Å². The lowest BCUT2D eigenvalue weighted by atomic mass is 9.74. The van der Waals surface area contributed by atoms with Crippen LogP contribution in [0.4, 0.5) is 11.5 Å². The third kappa shape index (κ3) is 7.12. The van der Waals surface area contributed by atoms with Crippen LogP contribution >= 0.6 is 0 Å². The molecule has 1 fully saturated rings. The first kappa shape index (κ1) is 38.9. The fraction of sp³-hybridized carbons (Fsp3) is 0.230. The number of aromatic nitrogens is 2. The maximum atomic E-state index is 5.65. The zero-order valence-corrected chi connectivity index (χ0v) is 36.6. The Morgan fingerprint density at radius 1 is 0.531 bits per heavy atom. The summed E-state index contributed by atoms with van der Waals surface area (Å²) in [7, 11) is 0. The number of para-hydroxylation sites is 3. The molecule has 0 bridgehead atoms. The maximum Gasteiger partial charge on any atom is 0.134 e. The van der Waals surface area contributed by atoms with Crippen LogP contribution in [0, 0.1) is 0 Å². The van der Waals surface area contributed by atoms with E-state index in [1.807, 2.05) is 0 Å². The van der Waals surface area contributed by atoms with E-state index in [1.165, 1.54) is 85.0 Å². The van der Waals surface area contributed by atoms with Crippen molar-refractivity contribution < 1.29 is 0 Å². The molecule has 7 aromatic rings. The van der Waals surface area contributed by atoms with Crippen LogP contribution in [0.2, 0.25) is 0 Å². The number of fused-ring (bicyclic) bond motifs is 6. The minimum Gasteiger partial charge on any atom is -0.322 e. The van der Waals surface area contributed by atoms with Gasteiger partial charge in [0, 0.05) is 39.7 Å². The summed E-state index contributed by atoms with van der Waals surface area (Å²) in [6.07, 6.45) is 31.7. The average Bonchev–Trinajstić information content (AvgIpc) is 3.87. The largest absolute Gasteiger partial charge is 0.322 e. The number of nitrogens with zero attached hydrogens (tertiary/aromatic N) is 3. The quantitative estimate of drug-likeness (QED) is 0.160. The monoisotopic (exact) mass is 829 g/mol. The number of hydrogen-bond acceptors (Lipinski definition) is 2. The number of hydrogen-bond donors (Lipinski definition) is 0. The lowest BCUT2D eigenvalue weighted by Gasteiger charge is -2.37. The van der Waals surface area contributed by atoms with Gasteiger partial charge in [-0.2, -0.15) is 0 Å². The highest BCUT2D eigenvalue weighted by Crippen LogP contribution is 2.54. The van der Waals surface area contributed by atoms with Gasteiger partial charge < -0.3 is 9.47 Å². The first-order valence-corrected chi connectivity index (χ1v) is 23.9. The number of allylic oxidation sites excluding steroid dienone is 12. The number of pyridine rings is 1. The summed E-state index contributed by atoms with van der Waals surface area (Å²) in [6.45, 7) is 0. The molecule has 0 N–H and O–H groups in total. The first-order valence-electron chi connectivity index (χ1n) is 23.9. The summed E-state index contributed by atoms with van der Waals surface area (Å²) < 4.78 is 2.43. The van der Waals surface area contributed by atoms with Crippen LogP contribution in [0.3, 0.4) is 0 Å². The molecule has 3 heteroatoms. The highest BCUT2D eigenvalue weighted by atomic mass is 15.2. The normalized spacial score (nSPS) is 23.6. The molecular weight excluding hydrogens is 775 g/mol. The maximum absolute atomic E-state index is 5.65. The summed E-state index contributed by atoms with van der Waals surface area (Å²) in [5.41, 5.74) is 17.5. The Balaban J connectivity index is 0.894. The molecule has 12 rings (SSSR count). The van der Waals surface area contributed by atoms with Crippen molar-refractivity contribution in [2.75, 3.05) is 4.90 Å². The number of anilines is 2. The predicted octanol–water partition coefficient (Wildman–Crippen LogP) is 16.2. The van der Waals surface area contributed by atoms with Crippen LogP contribution in [0.15, 0.2) is 199 Å². The van der Waals surface area contributed by atoms with Gasteiger partial charge in [-0.3, -0.25) is 0 Å². The zero-order chi connectivity index (χ0) is 42.4. The molecular formula is C61H55N3. The molecule has 1 aliphatic heterocycles. The van der Waals surface area contributed by atoms with Gasteiger partial charge in [0.05, 0.1) is 16.7 Å². The Kier molecular flexibility index (Phi) is 10.2. The summed E-state index contributed by atoms with van der Waals surface area (Å²) in [4.78, 5) is 8.32. The molecule has 64 heavy (non-hydrogen) atoms. The van der Waals surface area contributed by atoms with Crippen molar-refractivity contribution in [2.45, 2.75) is 88.0 Å². The van der Waals surface area contributed by atoms with Gasteiger partial charge >= 0.3 is 0 Å². The third-order valence-electron chi connectivity index (χ3n) is 15.1. The van der Waals surface area contributed by atoms with E-state index in [9.17, 15) is 0 Å². The first-order chi connectivity index (χ1) is 31.7. The van der Waals surface area contributed by atoms with E-state index in [1.54, 1.807) is 5.57 Å². The highest BCUT2D eigenvalue weighted by Gasteiger charge is 2.44. The van der Waals surface area contributed by atoms with Gasteiger partial charge in [0.25, 0.3) is 0 Å². The Labute approximate surface area is 378 Å². The average molecular weight is 830 g/mol. The number of rotatable bonds is 7. The fourth-order valence-corrected chi connectivity index (χ4v) is 11.9. The Bertz CT molecular complexity index is 3080. The van der Waals surface area contributed by atoms with Gasteiger partial charge in [-0.25, -0.2) is 4.98 Å². The molecule has 0 spiro atoms. The van der Waals surface area contributed by atoms with Gasteiger partial charge in [0.2, 0.25) is 0 Å². The summed E-state index contributed by atoms with van der Waals surface area (Å²) in [5, 5.41) is 2.67. The molecule has 5 aromatic carbocycles. The smallest absolute Gasteiger partial charge is 0.134 e. The second-order valence-corrected chi connectivity index (χ2v) is 18.7. The van der Waals surface area contributed by atoms with Crippen molar-refractivity contribution in [1.82, 2.24) is 9.55 Å². The van der Waals surface area contributed by atoms with Gasteiger partial charge in [-0.1, -0.05) is 140 Å². The van der Waals surface area contributed by atoms with Crippen molar-refractivity contribution in [3.8, 4) is 16.9 Å². The molecule has 1 saturated carbocycles. The standard InChI is InChI=1S/C61H55N3/c1-2-6-16-42(17-7-3-1)45-30-32-47(33-31-45)56-40-50(46-28-26-44(27-29-46)43-18-8-4-9-19-43)41-61(62-56)64-58-25-15-13-23-53(58)55-39-49(35-37-60(55)64)48-34-36-59-54(38-48)52-22-12-14-24-57(52)63(59)51-20-10-5-11-21-51/h1-6,8,10-16,18,20-26,30-34,36,38,40-41,46,49,55,60H,7,9,17,19,27-29,35,37,39H2/b3-1+,6-2-,42-16+. The van der Waals surface area contributed by atoms with Crippen molar-refractivity contribution >= 4 is 38.9 Å². The topological polar surface area (TPSA) is 21.1 Å². The Morgan fingerprint density at radius 2 is 1.31 bits per heavy atom. The van der Waals surface area contributed by atoms with E-state index in [0.29, 0.717) is 23.8 Å². The van der Waals surface area contributed by atoms with Crippen LogP contribution in [-0.2, 0) is 0 Å². The lowest BCUT2D eigenvalue weighted by molar-refractivity contribution is 0.360. The SMILES string of the molecule is C1=CCCC(C2=CCC(c3cc(-c4ccc(/C5=C/C=C\C=C\CC5)cc4)nc(N4c5ccccc5C5CC(c6ccc7c(c6)c6ccccc6n7-c6ccccc6)CCC54)c3)CC2)=C1. The van der Waals surface area contributed by atoms with E-state index in [0.717, 1.165) is 62.9 Å². The minimum absolute atomic E-state index is 0.368. The van der Waals surface area contributed by atoms with Gasteiger partial charge in [0.1, 0.15) is 5.82 Å². The molecule has 314 valence electrons.